The Bertz CT molecular complexity index is 1460. The zero-order valence-corrected chi connectivity index (χ0v) is 18.3. The Balaban J connectivity index is 1.71. The fourth-order valence-electron chi connectivity index (χ4n) is 3.52. The van der Waals surface area contributed by atoms with Crippen molar-refractivity contribution in [2.24, 2.45) is 5.10 Å². The topological polar surface area (TPSA) is 89.0 Å². The molecule has 0 N–H and O–H groups in total. The minimum absolute atomic E-state index is 0.0706. The molecule has 0 bridgehead atoms. The van der Waals surface area contributed by atoms with Crippen LogP contribution in [0.15, 0.2) is 39.4 Å². The first kappa shape index (κ1) is 23.8. The van der Waals surface area contributed by atoms with Crippen LogP contribution in [-0.2, 0) is 4.79 Å². The number of rotatable bonds is 4. The average molecular weight is 491 g/mol. The van der Waals surface area contributed by atoms with Crippen molar-refractivity contribution in [3.63, 3.8) is 0 Å². The molecule has 0 saturated carbocycles. The summed E-state index contributed by atoms with van der Waals surface area (Å²) in [6, 6.07) is 5.94. The van der Waals surface area contributed by atoms with Crippen molar-refractivity contribution in [2.45, 2.75) is 20.8 Å². The van der Waals surface area contributed by atoms with Crippen LogP contribution in [0.1, 0.15) is 23.8 Å². The van der Waals surface area contributed by atoms with Gasteiger partial charge in [-0.15, -0.1) is 0 Å². The van der Waals surface area contributed by atoms with Crippen LogP contribution in [0.2, 0.25) is 0 Å². The molecule has 1 aromatic heterocycles. The summed E-state index contributed by atoms with van der Waals surface area (Å²) in [5.41, 5.74) is -0.363. The van der Waals surface area contributed by atoms with Gasteiger partial charge in [0, 0.05) is 17.2 Å². The molecule has 35 heavy (non-hydrogen) atoms. The van der Waals surface area contributed by atoms with E-state index >= 15 is 0 Å². The molecule has 2 heterocycles. The molecule has 0 aliphatic carbocycles. The van der Waals surface area contributed by atoms with Gasteiger partial charge >= 0.3 is 0 Å². The van der Waals surface area contributed by atoms with Crippen LogP contribution >= 0.6 is 0 Å². The molecule has 0 atom stereocenters. The fraction of sp³-hybridized carbons (Fsp3) is 0.130. The zero-order valence-electron chi connectivity index (χ0n) is 18.3. The number of nitro benzene ring substituents is 1. The maximum absolute atomic E-state index is 14.2. The number of nitro groups is 1. The Morgan fingerprint density at radius 3 is 2.17 bits per heavy atom. The summed E-state index contributed by atoms with van der Waals surface area (Å²) < 4.78 is 74.6. The first-order valence-electron chi connectivity index (χ1n) is 9.91. The summed E-state index contributed by atoms with van der Waals surface area (Å²) in [6.07, 6.45) is 1.17. The molecule has 0 fully saturated rings. The Labute approximate surface area is 193 Å². The molecule has 2 aromatic carbocycles. The summed E-state index contributed by atoms with van der Waals surface area (Å²) in [5, 5.41) is 15.0. The van der Waals surface area contributed by atoms with Crippen molar-refractivity contribution in [3.05, 3.63) is 85.9 Å². The molecule has 12 heteroatoms. The maximum Gasteiger partial charge on any atom is 0.280 e. The van der Waals surface area contributed by atoms with E-state index in [1.54, 1.807) is 19.9 Å². The van der Waals surface area contributed by atoms with Gasteiger partial charge in [-0.2, -0.15) is 10.1 Å². The van der Waals surface area contributed by atoms with Crippen molar-refractivity contribution in [3.8, 4) is 11.3 Å². The number of carbonyl (C=O) groups excluding carboxylic acids is 1. The van der Waals surface area contributed by atoms with Crippen LogP contribution in [0.25, 0.3) is 17.4 Å². The van der Waals surface area contributed by atoms with Gasteiger partial charge in [-0.1, -0.05) is 0 Å². The van der Waals surface area contributed by atoms with Gasteiger partial charge in [0.15, 0.2) is 23.3 Å². The molecule has 1 aliphatic rings. The molecule has 4 rings (SSSR count). The van der Waals surface area contributed by atoms with Crippen molar-refractivity contribution in [1.82, 2.24) is 0 Å². The van der Waals surface area contributed by atoms with Crippen LogP contribution in [0, 0.1) is 53.0 Å². The highest BCUT2D eigenvalue weighted by atomic mass is 19.2. The van der Waals surface area contributed by atoms with E-state index in [2.05, 4.69) is 5.10 Å². The van der Waals surface area contributed by atoms with E-state index in [1.807, 2.05) is 0 Å². The molecule has 0 spiro atoms. The van der Waals surface area contributed by atoms with Gasteiger partial charge in [-0.3, -0.25) is 14.9 Å². The van der Waals surface area contributed by atoms with Crippen LogP contribution in [-0.4, -0.2) is 16.5 Å². The number of amides is 1. The number of hydrogen-bond donors (Lipinski definition) is 0. The third-order valence-corrected chi connectivity index (χ3v) is 5.50. The van der Waals surface area contributed by atoms with E-state index < -0.39 is 45.6 Å². The lowest BCUT2D eigenvalue weighted by Gasteiger charge is -2.14. The summed E-state index contributed by atoms with van der Waals surface area (Å²) in [6.45, 7) is 4.61. The van der Waals surface area contributed by atoms with Crippen molar-refractivity contribution in [1.29, 1.82) is 0 Å². The Morgan fingerprint density at radius 1 is 0.971 bits per heavy atom. The van der Waals surface area contributed by atoms with Gasteiger partial charge in [0.05, 0.1) is 16.2 Å². The summed E-state index contributed by atoms with van der Waals surface area (Å²) in [4.78, 5) is 23.6. The summed E-state index contributed by atoms with van der Waals surface area (Å²) in [7, 11) is 0. The lowest BCUT2D eigenvalue weighted by Crippen LogP contribution is -2.25. The molecule has 0 saturated heterocycles. The molecule has 7 nitrogen and oxygen atoms in total. The second-order valence-electron chi connectivity index (χ2n) is 7.68. The molecular formula is C23H14F5N3O4. The van der Waals surface area contributed by atoms with Crippen LogP contribution in [0.5, 0.6) is 0 Å². The molecule has 3 aromatic rings. The Morgan fingerprint density at radius 2 is 1.57 bits per heavy atom. The van der Waals surface area contributed by atoms with Crippen molar-refractivity contribution < 1.29 is 36.1 Å². The van der Waals surface area contributed by atoms with Crippen LogP contribution in [0.4, 0.5) is 33.3 Å². The van der Waals surface area contributed by atoms with Crippen molar-refractivity contribution >= 4 is 29.1 Å². The first-order valence-corrected chi connectivity index (χ1v) is 9.91. The highest BCUT2D eigenvalue weighted by Gasteiger charge is 2.37. The second-order valence-corrected chi connectivity index (χ2v) is 7.68. The molecule has 0 radical (unpaired) electrons. The highest BCUT2D eigenvalue weighted by molar-refractivity contribution is 6.32. The Hall–Kier alpha value is -4.35. The third-order valence-electron chi connectivity index (χ3n) is 5.50. The lowest BCUT2D eigenvalue weighted by atomic mass is 10.0. The number of furan rings is 1. The van der Waals surface area contributed by atoms with Gasteiger partial charge in [0.25, 0.3) is 11.6 Å². The zero-order chi connectivity index (χ0) is 25.8. The first-order chi connectivity index (χ1) is 16.4. The van der Waals surface area contributed by atoms with Gasteiger partial charge in [0.1, 0.15) is 17.2 Å². The predicted molar refractivity (Wildman–Crippen MR) is 115 cm³/mol. The quantitative estimate of drug-likeness (QED) is 0.112. The number of benzene rings is 2. The fourth-order valence-corrected chi connectivity index (χ4v) is 3.52. The standard InChI is InChI=1S/C23H14F5N3O4/c1-9-6-12(7-15(10(9)2)31(33)34)16-5-4-13(35-16)8-14-11(3)29-30(23(14)32)22-20(27)18(25)17(24)19(26)21(22)28/h4-8H,1-3H3/b14-8-. The summed E-state index contributed by atoms with van der Waals surface area (Å²) >= 11 is 0. The number of aryl methyl sites for hydroxylation is 1. The smallest absolute Gasteiger partial charge is 0.280 e. The lowest BCUT2D eigenvalue weighted by molar-refractivity contribution is -0.385. The van der Waals surface area contributed by atoms with E-state index in [0.29, 0.717) is 16.7 Å². The SMILES string of the molecule is CC1=NN(c2c(F)c(F)c(F)c(F)c2F)C(=O)/C1=C\c1ccc(-c2cc(C)c(C)c([N+](=O)[O-])c2)o1. The monoisotopic (exact) mass is 491 g/mol. The predicted octanol–water partition coefficient (Wildman–Crippen LogP) is 5.97. The van der Waals surface area contributed by atoms with Gasteiger partial charge in [-0.25, -0.2) is 22.0 Å². The van der Waals surface area contributed by atoms with Crippen molar-refractivity contribution in [2.75, 3.05) is 5.01 Å². The van der Waals surface area contributed by atoms with Crippen LogP contribution < -0.4 is 5.01 Å². The van der Waals surface area contributed by atoms with Gasteiger partial charge in [-0.05, 0) is 50.6 Å². The van der Waals surface area contributed by atoms with E-state index in [0.717, 1.165) is 0 Å². The molecular weight excluding hydrogens is 477 g/mol. The highest BCUT2D eigenvalue weighted by Crippen LogP contribution is 2.35. The number of hydrazone groups is 1. The number of carbonyl (C=O) groups is 1. The average Bonchev–Trinajstić information content (AvgIpc) is 3.38. The van der Waals surface area contributed by atoms with E-state index in [9.17, 15) is 36.9 Å². The van der Waals surface area contributed by atoms with E-state index in [4.69, 9.17) is 4.42 Å². The van der Waals surface area contributed by atoms with Crippen LogP contribution in [0.3, 0.4) is 0 Å². The largest absolute Gasteiger partial charge is 0.457 e. The molecule has 180 valence electrons. The number of nitrogens with zero attached hydrogens (tertiary/aromatic N) is 3. The summed E-state index contributed by atoms with van der Waals surface area (Å²) in [5.74, 6) is -12.0. The molecule has 0 unspecified atom stereocenters. The number of halogens is 5. The minimum Gasteiger partial charge on any atom is -0.457 e. The Kier molecular flexibility index (Phi) is 5.75. The minimum atomic E-state index is -2.36. The van der Waals surface area contributed by atoms with E-state index in [-0.39, 0.29) is 33.5 Å². The van der Waals surface area contributed by atoms with E-state index in [1.165, 1.54) is 31.2 Å². The number of anilines is 1. The van der Waals surface area contributed by atoms with Gasteiger partial charge in [0.2, 0.25) is 5.82 Å². The normalized spacial score (nSPS) is 14.7. The second kappa shape index (κ2) is 8.46. The molecule has 1 amide bonds. The molecule has 1 aliphatic heterocycles. The number of hydrogen-bond acceptors (Lipinski definition) is 5. The third kappa shape index (κ3) is 3.86. The maximum atomic E-state index is 14.2. The van der Waals surface area contributed by atoms with Gasteiger partial charge < -0.3 is 4.42 Å².